The zero-order valence-corrected chi connectivity index (χ0v) is 21.3. The van der Waals surface area contributed by atoms with Crippen molar-refractivity contribution >= 4 is 13.6 Å². The molecule has 1 rings (SSSR count). The van der Waals surface area contributed by atoms with Gasteiger partial charge in [-0.25, -0.2) is 0 Å². The molecule has 1 fully saturated rings. The minimum Gasteiger partial charge on any atom is -0.463 e. The summed E-state index contributed by atoms with van der Waals surface area (Å²) in [5.74, 6) is -0.105. The molecule has 0 spiro atoms. The van der Waals surface area contributed by atoms with Gasteiger partial charge in [0, 0.05) is 13.1 Å². The van der Waals surface area contributed by atoms with Gasteiger partial charge < -0.3 is 18.5 Å². The van der Waals surface area contributed by atoms with Gasteiger partial charge in [0.25, 0.3) is 0 Å². The van der Waals surface area contributed by atoms with Crippen LogP contribution in [0.3, 0.4) is 0 Å². The van der Waals surface area contributed by atoms with Crippen molar-refractivity contribution < 1.29 is 27.9 Å². The van der Waals surface area contributed by atoms with Gasteiger partial charge in [-0.05, 0) is 59.9 Å². The highest BCUT2D eigenvalue weighted by Crippen LogP contribution is 2.59. The Kier molecular flexibility index (Phi) is 11.0. The van der Waals surface area contributed by atoms with Crippen LogP contribution in [0.5, 0.6) is 0 Å². The molecule has 0 saturated carbocycles. The maximum absolute atomic E-state index is 13.5. The number of carbonyl (C=O) groups excluding carboxylic acids is 1. The molecule has 0 N–H and O–H groups in total. The maximum atomic E-state index is 13.5. The third-order valence-corrected chi connectivity index (χ3v) is 8.41. The highest BCUT2D eigenvalue weighted by Gasteiger charge is 2.40. The summed E-state index contributed by atoms with van der Waals surface area (Å²) in [6.07, 6.45) is 1.41. The summed E-state index contributed by atoms with van der Waals surface area (Å²) >= 11 is 0. The van der Waals surface area contributed by atoms with Gasteiger partial charge in [-0.15, -0.1) is 0 Å². The number of nitrogens with zero attached hydrogens (tertiary/aromatic N) is 1. The largest absolute Gasteiger partial charge is 0.463 e. The van der Waals surface area contributed by atoms with Crippen molar-refractivity contribution in [3.63, 3.8) is 0 Å². The Morgan fingerprint density at radius 2 is 1.70 bits per heavy atom. The number of esters is 1. The molecule has 2 atom stereocenters. The van der Waals surface area contributed by atoms with Crippen molar-refractivity contribution in [2.45, 2.75) is 79.5 Å². The normalized spacial score (nSPS) is 19.5. The molecule has 0 aromatic heterocycles. The van der Waals surface area contributed by atoms with E-state index in [0.29, 0.717) is 12.8 Å². The fraction of sp³-hybridized carbons (Fsp3) is 0.955. The molecule has 0 aromatic rings. The van der Waals surface area contributed by atoms with E-state index in [1.54, 1.807) is 0 Å². The predicted octanol–water partition coefficient (Wildman–Crippen LogP) is 4.74. The molecule has 8 heteroatoms. The lowest BCUT2D eigenvalue weighted by Crippen LogP contribution is -2.39. The van der Waals surface area contributed by atoms with E-state index in [2.05, 4.69) is 4.90 Å². The number of hydrogen-bond acceptors (Lipinski definition) is 7. The summed E-state index contributed by atoms with van der Waals surface area (Å²) in [5.41, 5.74) is -1.37. The molecular formula is C22H44NO6P. The summed E-state index contributed by atoms with van der Waals surface area (Å²) in [5, 5.41) is 0. The second kappa shape index (κ2) is 12.0. The Morgan fingerprint density at radius 3 is 2.20 bits per heavy atom. The first-order valence-corrected chi connectivity index (χ1v) is 12.8. The zero-order valence-electron chi connectivity index (χ0n) is 20.4. The van der Waals surface area contributed by atoms with Crippen LogP contribution in [-0.2, 0) is 27.9 Å². The van der Waals surface area contributed by atoms with Crippen LogP contribution < -0.4 is 0 Å². The molecule has 2 unspecified atom stereocenters. The highest BCUT2D eigenvalue weighted by molar-refractivity contribution is 7.54. The molecule has 0 bridgehead atoms. The van der Waals surface area contributed by atoms with E-state index in [-0.39, 0.29) is 30.8 Å². The van der Waals surface area contributed by atoms with E-state index < -0.39 is 18.6 Å². The second-order valence-electron chi connectivity index (χ2n) is 10.0. The molecule has 0 aliphatic carbocycles. The monoisotopic (exact) mass is 449 g/mol. The van der Waals surface area contributed by atoms with Crippen LogP contribution in [-0.4, -0.2) is 68.2 Å². The van der Waals surface area contributed by atoms with Gasteiger partial charge in [0.1, 0.15) is 6.61 Å². The summed E-state index contributed by atoms with van der Waals surface area (Å²) in [7, 11) is -3.35. The summed E-state index contributed by atoms with van der Waals surface area (Å²) in [6, 6.07) is 0. The average molecular weight is 450 g/mol. The van der Waals surface area contributed by atoms with Gasteiger partial charge in [-0.2, -0.15) is 0 Å². The summed E-state index contributed by atoms with van der Waals surface area (Å²) in [4.78, 5) is 14.9. The first-order chi connectivity index (χ1) is 13.8. The van der Waals surface area contributed by atoms with E-state index in [1.165, 1.54) is 0 Å². The minimum atomic E-state index is -3.35. The molecule has 0 aromatic carbocycles. The van der Waals surface area contributed by atoms with E-state index in [0.717, 1.165) is 32.8 Å². The van der Waals surface area contributed by atoms with Gasteiger partial charge in [-0.1, -0.05) is 20.8 Å². The smallest absolute Gasteiger partial charge is 0.334 e. The topological polar surface area (TPSA) is 74.3 Å². The lowest BCUT2D eigenvalue weighted by atomic mass is 9.89. The predicted molar refractivity (Wildman–Crippen MR) is 120 cm³/mol. The zero-order chi connectivity index (χ0) is 23.0. The highest BCUT2D eigenvalue weighted by atomic mass is 31.2. The Balaban J connectivity index is 2.55. The van der Waals surface area contributed by atoms with Gasteiger partial charge in [0.05, 0.1) is 36.5 Å². The summed E-state index contributed by atoms with van der Waals surface area (Å²) in [6.45, 7) is 19.7. The van der Waals surface area contributed by atoms with E-state index in [4.69, 9.17) is 18.5 Å². The van der Waals surface area contributed by atoms with Crippen LogP contribution in [0.15, 0.2) is 0 Å². The van der Waals surface area contributed by atoms with Gasteiger partial charge in [0.15, 0.2) is 0 Å². The fourth-order valence-electron chi connectivity index (χ4n) is 3.49. The fourth-order valence-corrected chi connectivity index (χ4v) is 6.14. The van der Waals surface area contributed by atoms with Crippen molar-refractivity contribution in [3.05, 3.63) is 0 Å². The number of carbonyl (C=O) groups is 1. The lowest BCUT2D eigenvalue weighted by Gasteiger charge is -2.34. The van der Waals surface area contributed by atoms with Crippen LogP contribution >= 0.6 is 7.60 Å². The van der Waals surface area contributed by atoms with Crippen LogP contribution in [0.2, 0.25) is 0 Å². The molecule has 1 aliphatic rings. The molecule has 0 amide bonds. The average Bonchev–Trinajstić information content (AvgIpc) is 2.63. The van der Waals surface area contributed by atoms with Gasteiger partial charge in [-0.3, -0.25) is 14.3 Å². The number of hydrogen-bond donors (Lipinski definition) is 0. The van der Waals surface area contributed by atoms with Crippen LogP contribution in [0.4, 0.5) is 0 Å². The molecule has 1 heterocycles. The van der Waals surface area contributed by atoms with Crippen molar-refractivity contribution in [2.24, 2.45) is 11.3 Å². The van der Waals surface area contributed by atoms with Crippen molar-refractivity contribution in [1.29, 1.82) is 0 Å². The number of morpholine rings is 1. The first kappa shape index (κ1) is 27.6. The molecule has 178 valence electrons. The van der Waals surface area contributed by atoms with E-state index in [1.807, 2.05) is 55.4 Å². The first-order valence-electron chi connectivity index (χ1n) is 11.2. The molecule has 0 radical (unpaired) electrons. The SMILES string of the molecule is CCC(C(C)C)P(=O)(OCCOC(=O)C(C)(C)CCN1CCOCC1)OC(C)(C)C. The number of rotatable bonds is 12. The Labute approximate surface area is 183 Å². The third-order valence-electron chi connectivity index (χ3n) is 5.29. The molecule has 7 nitrogen and oxygen atoms in total. The molecule has 30 heavy (non-hydrogen) atoms. The van der Waals surface area contributed by atoms with Gasteiger partial charge in [0.2, 0.25) is 0 Å². The van der Waals surface area contributed by atoms with Crippen molar-refractivity contribution in [2.75, 3.05) is 46.1 Å². The standard InChI is InChI=1S/C22H44NO6P/c1-9-19(18(2)3)30(25,29-21(4,5)6)28-17-16-27-20(24)22(7,8)10-11-23-12-14-26-15-13-23/h18-19H,9-17H2,1-8H3. The Hall–Kier alpha value is -0.460. The van der Waals surface area contributed by atoms with Crippen molar-refractivity contribution in [3.8, 4) is 0 Å². The third kappa shape index (κ3) is 9.35. The van der Waals surface area contributed by atoms with Crippen LogP contribution in [0.25, 0.3) is 0 Å². The van der Waals surface area contributed by atoms with Crippen LogP contribution in [0, 0.1) is 11.3 Å². The molecule has 1 aliphatic heterocycles. The quantitative estimate of drug-likeness (QED) is 0.242. The molecule has 1 saturated heterocycles. The Morgan fingerprint density at radius 1 is 1.10 bits per heavy atom. The second-order valence-corrected chi connectivity index (χ2v) is 12.2. The molecular weight excluding hydrogens is 405 g/mol. The van der Waals surface area contributed by atoms with Crippen LogP contribution in [0.1, 0.15) is 68.2 Å². The minimum absolute atomic E-state index is 0.0574. The Bertz CT molecular complexity index is 566. The van der Waals surface area contributed by atoms with E-state index in [9.17, 15) is 9.36 Å². The van der Waals surface area contributed by atoms with Crippen molar-refractivity contribution in [1.82, 2.24) is 4.90 Å². The maximum Gasteiger partial charge on any atom is 0.334 e. The lowest BCUT2D eigenvalue weighted by molar-refractivity contribution is -0.155. The number of ether oxygens (including phenoxy) is 2. The van der Waals surface area contributed by atoms with E-state index >= 15 is 0 Å². The summed E-state index contributed by atoms with van der Waals surface area (Å²) < 4.78 is 36.0. The van der Waals surface area contributed by atoms with Gasteiger partial charge >= 0.3 is 13.6 Å².